The number of hydrogen-bond acceptors (Lipinski definition) is 5. The van der Waals surface area contributed by atoms with Crippen LogP contribution in [0, 0.1) is 11.3 Å². The monoisotopic (exact) mass is 314 g/mol. The highest BCUT2D eigenvalue weighted by Gasteiger charge is 2.12. The van der Waals surface area contributed by atoms with Crippen LogP contribution in [0.4, 0.5) is 5.69 Å². The van der Waals surface area contributed by atoms with E-state index in [2.05, 4.69) is 28.7 Å². The average Bonchev–Trinajstić information content (AvgIpc) is 2.55. The fraction of sp³-hybridized carbons (Fsp3) is 0.312. The van der Waals surface area contributed by atoms with Crippen LogP contribution in [0.15, 0.2) is 34.1 Å². The highest BCUT2D eigenvalue weighted by molar-refractivity contribution is 7.98. The van der Waals surface area contributed by atoms with Crippen LogP contribution in [0.3, 0.4) is 0 Å². The van der Waals surface area contributed by atoms with Gasteiger partial charge in [-0.15, -0.1) is 11.8 Å². The van der Waals surface area contributed by atoms with E-state index in [1.54, 1.807) is 6.26 Å². The number of nitriles is 1. The third-order valence-corrected chi connectivity index (χ3v) is 4.14. The van der Waals surface area contributed by atoms with Gasteiger partial charge in [-0.2, -0.15) is 5.26 Å². The average molecular weight is 314 g/mol. The summed E-state index contributed by atoms with van der Waals surface area (Å²) >= 11 is 1.30. The summed E-state index contributed by atoms with van der Waals surface area (Å²) in [5.74, 6) is 0.486. The number of aromatic nitrogens is 2. The quantitative estimate of drug-likeness (QED) is 0.678. The Morgan fingerprint density at radius 3 is 2.41 bits per heavy atom. The van der Waals surface area contributed by atoms with Crippen LogP contribution < -0.4 is 10.5 Å². The Bertz CT molecular complexity index is 742. The minimum atomic E-state index is -0.398. The number of nitrogens with one attached hydrogen (secondary N) is 1. The molecule has 0 fully saturated rings. The zero-order chi connectivity index (χ0) is 16.1. The van der Waals surface area contributed by atoms with Crippen molar-refractivity contribution in [1.29, 1.82) is 5.26 Å². The van der Waals surface area contributed by atoms with Gasteiger partial charge in [0, 0.05) is 24.3 Å². The Morgan fingerprint density at radius 1 is 1.27 bits per heavy atom. The largest absolute Gasteiger partial charge is 0.372 e. The van der Waals surface area contributed by atoms with E-state index in [0.717, 1.165) is 24.3 Å². The molecule has 0 bridgehead atoms. The van der Waals surface area contributed by atoms with Crippen molar-refractivity contribution in [3.63, 3.8) is 0 Å². The van der Waals surface area contributed by atoms with Gasteiger partial charge in [-0.05, 0) is 44.4 Å². The van der Waals surface area contributed by atoms with Crippen molar-refractivity contribution in [2.75, 3.05) is 24.2 Å². The number of H-pyrrole nitrogens is 1. The summed E-state index contributed by atoms with van der Waals surface area (Å²) in [5, 5.41) is 9.47. The highest BCUT2D eigenvalue weighted by Crippen LogP contribution is 2.22. The molecule has 114 valence electrons. The van der Waals surface area contributed by atoms with Crippen molar-refractivity contribution < 1.29 is 0 Å². The van der Waals surface area contributed by atoms with Gasteiger partial charge in [0.25, 0.3) is 5.56 Å². The molecule has 0 aliphatic carbocycles. The Kier molecular flexibility index (Phi) is 5.23. The summed E-state index contributed by atoms with van der Waals surface area (Å²) in [6.45, 7) is 6.11. The second kappa shape index (κ2) is 7.14. The molecular weight excluding hydrogens is 296 g/mol. The van der Waals surface area contributed by atoms with Crippen molar-refractivity contribution in [1.82, 2.24) is 9.97 Å². The fourth-order valence-corrected chi connectivity index (χ4v) is 2.78. The molecule has 1 heterocycles. The first-order valence-corrected chi connectivity index (χ1v) is 8.30. The third kappa shape index (κ3) is 3.15. The molecule has 1 aromatic carbocycles. The lowest BCUT2D eigenvalue weighted by Crippen LogP contribution is -2.21. The minimum absolute atomic E-state index is 0.0658. The molecule has 0 spiro atoms. The van der Waals surface area contributed by atoms with E-state index in [9.17, 15) is 4.79 Å². The lowest BCUT2D eigenvalue weighted by Gasteiger charge is -2.21. The van der Waals surface area contributed by atoms with Gasteiger partial charge in [0.15, 0.2) is 0 Å². The molecule has 6 heteroatoms. The molecule has 0 saturated heterocycles. The van der Waals surface area contributed by atoms with E-state index in [1.165, 1.54) is 11.8 Å². The molecule has 22 heavy (non-hydrogen) atoms. The van der Waals surface area contributed by atoms with E-state index >= 15 is 0 Å². The Labute approximate surface area is 134 Å². The van der Waals surface area contributed by atoms with Crippen LogP contribution in [0.2, 0.25) is 0 Å². The van der Waals surface area contributed by atoms with Gasteiger partial charge in [-0.25, -0.2) is 4.98 Å². The molecule has 5 nitrogen and oxygen atoms in total. The van der Waals surface area contributed by atoms with Crippen LogP contribution in [0.5, 0.6) is 0 Å². The molecular formula is C16H18N4OS. The predicted molar refractivity (Wildman–Crippen MR) is 90.4 cm³/mol. The molecule has 0 amide bonds. The zero-order valence-corrected chi connectivity index (χ0v) is 13.7. The van der Waals surface area contributed by atoms with Crippen LogP contribution in [0.1, 0.15) is 19.4 Å². The van der Waals surface area contributed by atoms with E-state index in [4.69, 9.17) is 5.26 Å². The van der Waals surface area contributed by atoms with E-state index in [0.29, 0.717) is 10.9 Å². The van der Waals surface area contributed by atoms with Gasteiger partial charge in [-0.3, -0.25) is 4.79 Å². The molecule has 1 aromatic heterocycles. The molecule has 2 aromatic rings. The first-order chi connectivity index (χ1) is 10.6. The van der Waals surface area contributed by atoms with Crippen molar-refractivity contribution in [2.24, 2.45) is 0 Å². The summed E-state index contributed by atoms with van der Waals surface area (Å²) in [6.07, 6.45) is 1.80. The van der Waals surface area contributed by atoms with E-state index in [1.807, 2.05) is 30.3 Å². The van der Waals surface area contributed by atoms with Gasteiger partial charge in [-0.1, -0.05) is 0 Å². The molecule has 0 radical (unpaired) electrons. The lowest BCUT2D eigenvalue weighted by atomic mass is 10.1. The second-order valence-corrected chi connectivity index (χ2v) is 5.42. The van der Waals surface area contributed by atoms with Crippen molar-refractivity contribution in [3.05, 3.63) is 40.2 Å². The van der Waals surface area contributed by atoms with Crippen LogP contribution in [-0.2, 0) is 0 Å². The topological polar surface area (TPSA) is 72.8 Å². The molecule has 0 saturated carbocycles. The van der Waals surface area contributed by atoms with Gasteiger partial charge in [0.2, 0.25) is 0 Å². The zero-order valence-electron chi connectivity index (χ0n) is 12.9. The summed E-state index contributed by atoms with van der Waals surface area (Å²) in [7, 11) is 0. The van der Waals surface area contributed by atoms with Gasteiger partial charge in [0.05, 0.1) is 0 Å². The van der Waals surface area contributed by atoms with Gasteiger partial charge >= 0.3 is 0 Å². The first-order valence-electron chi connectivity index (χ1n) is 7.08. The number of aromatic amines is 1. The number of anilines is 1. The maximum atomic E-state index is 12.0. The van der Waals surface area contributed by atoms with E-state index in [-0.39, 0.29) is 5.56 Å². The number of rotatable bonds is 5. The van der Waals surface area contributed by atoms with Crippen molar-refractivity contribution in [2.45, 2.75) is 18.9 Å². The lowest BCUT2D eigenvalue weighted by molar-refractivity contribution is 0.866. The smallest absolute Gasteiger partial charge is 0.270 e. The highest BCUT2D eigenvalue weighted by atomic mass is 32.2. The van der Waals surface area contributed by atoms with Gasteiger partial charge in [0.1, 0.15) is 22.5 Å². The summed E-state index contributed by atoms with van der Waals surface area (Å²) in [5.41, 5.74) is 1.63. The maximum Gasteiger partial charge on any atom is 0.270 e. The number of nitrogens with zero attached hydrogens (tertiary/aromatic N) is 3. The fourth-order valence-electron chi connectivity index (χ4n) is 2.25. The van der Waals surface area contributed by atoms with Crippen molar-refractivity contribution >= 4 is 17.4 Å². The number of benzene rings is 1. The SMILES string of the molecule is CCN(CC)c1ccc(-c2nc(SC)c(C#N)c(=O)[nH]2)cc1. The number of thioether (sulfide) groups is 1. The molecule has 0 aliphatic rings. The molecule has 0 unspecified atom stereocenters. The van der Waals surface area contributed by atoms with Crippen LogP contribution in [0.25, 0.3) is 11.4 Å². The Hall–Kier alpha value is -2.26. The van der Waals surface area contributed by atoms with Crippen LogP contribution in [-0.4, -0.2) is 29.3 Å². The summed E-state index contributed by atoms with van der Waals surface area (Å²) < 4.78 is 0. The molecule has 2 rings (SSSR count). The Balaban J connectivity index is 2.43. The first kappa shape index (κ1) is 16.1. The standard InChI is InChI=1S/C16H18N4OS/c1-4-20(5-2)12-8-6-11(7-9-12)14-18-15(21)13(10-17)16(19-14)22-3/h6-9H,4-5H2,1-3H3,(H,18,19,21). The van der Waals surface area contributed by atoms with Gasteiger partial charge < -0.3 is 9.88 Å². The number of hydrogen-bond donors (Lipinski definition) is 1. The van der Waals surface area contributed by atoms with Crippen LogP contribution >= 0.6 is 11.8 Å². The molecule has 0 atom stereocenters. The predicted octanol–water partition coefficient (Wildman–Crippen LogP) is 2.88. The molecule has 0 aliphatic heterocycles. The Morgan fingerprint density at radius 2 is 1.91 bits per heavy atom. The third-order valence-electron chi connectivity index (χ3n) is 3.46. The summed E-state index contributed by atoms with van der Waals surface area (Å²) in [4.78, 5) is 21.3. The molecule has 1 N–H and O–H groups in total. The minimum Gasteiger partial charge on any atom is -0.372 e. The van der Waals surface area contributed by atoms with Crippen molar-refractivity contribution in [3.8, 4) is 17.5 Å². The maximum absolute atomic E-state index is 12.0. The van der Waals surface area contributed by atoms with E-state index < -0.39 is 5.56 Å². The summed E-state index contributed by atoms with van der Waals surface area (Å²) in [6, 6.07) is 9.79. The normalized spacial score (nSPS) is 10.3. The second-order valence-electron chi connectivity index (χ2n) is 4.63.